The number of carbonyl (C=O) groups excluding carboxylic acids is 1. The Labute approximate surface area is 55.4 Å². The van der Waals surface area contributed by atoms with Crippen LogP contribution in [0, 0.1) is 18.3 Å². The van der Waals surface area contributed by atoms with Crippen molar-refractivity contribution in [3.8, 4) is 12.3 Å². The largest absolute Gasteiger partial charge is 0.300 e. The number of Topliss-reactive ketones (excluding diaryl/α,β-unsaturated/α-hetero) is 1. The fourth-order valence-electron chi connectivity index (χ4n) is 1.17. The Kier molecular flexibility index (Phi) is 1.89. The van der Waals surface area contributed by atoms with Crippen molar-refractivity contribution in [3.63, 3.8) is 0 Å². The average Bonchev–Trinajstić information content (AvgIpc) is 1.88. The molecule has 1 fully saturated rings. The van der Waals surface area contributed by atoms with Crippen LogP contribution in [-0.2, 0) is 4.79 Å². The molecule has 0 aromatic carbocycles. The van der Waals surface area contributed by atoms with Crippen molar-refractivity contribution < 1.29 is 4.79 Å². The van der Waals surface area contributed by atoms with E-state index in [2.05, 4.69) is 5.92 Å². The minimum Gasteiger partial charge on any atom is -0.300 e. The van der Waals surface area contributed by atoms with Crippen LogP contribution < -0.4 is 0 Å². The van der Waals surface area contributed by atoms with Crippen molar-refractivity contribution in [2.45, 2.75) is 25.7 Å². The maximum atomic E-state index is 10.7. The molecule has 1 atom stereocenters. The Balaban J connectivity index is 2.43. The van der Waals surface area contributed by atoms with Gasteiger partial charge in [-0.3, -0.25) is 4.79 Å². The number of hydrogen-bond donors (Lipinski definition) is 0. The van der Waals surface area contributed by atoms with E-state index in [1.807, 2.05) is 0 Å². The first-order valence-electron chi connectivity index (χ1n) is 3.31. The minimum atomic E-state index is 0.242. The molecule has 9 heavy (non-hydrogen) atoms. The Hall–Kier alpha value is -0.770. The smallest absolute Gasteiger partial charge is 0.134 e. The monoisotopic (exact) mass is 122 g/mol. The first-order valence-corrected chi connectivity index (χ1v) is 3.31. The third-order valence-corrected chi connectivity index (χ3v) is 1.72. The molecule has 0 radical (unpaired) electrons. The molecule has 0 aliphatic heterocycles. The predicted octanol–water partition coefficient (Wildman–Crippen LogP) is 1.38. The van der Waals surface area contributed by atoms with Crippen molar-refractivity contribution in [1.29, 1.82) is 0 Å². The fourth-order valence-corrected chi connectivity index (χ4v) is 1.17. The number of rotatable bonds is 0. The van der Waals surface area contributed by atoms with Gasteiger partial charge in [-0.2, -0.15) is 0 Å². The molecule has 1 heteroatoms. The lowest BCUT2D eigenvalue weighted by molar-refractivity contribution is -0.120. The SMILES string of the molecule is C#CC1CCCC(=O)C1. The van der Waals surface area contributed by atoms with E-state index in [1.165, 1.54) is 0 Å². The summed E-state index contributed by atoms with van der Waals surface area (Å²) in [6.45, 7) is 0. The molecular formula is C8H10O. The Bertz CT molecular complexity index is 152. The summed E-state index contributed by atoms with van der Waals surface area (Å²) >= 11 is 0. The van der Waals surface area contributed by atoms with E-state index in [-0.39, 0.29) is 5.92 Å². The topological polar surface area (TPSA) is 17.1 Å². The molecule has 0 aromatic heterocycles. The zero-order valence-corrected chi connectivity index (χ0v) is 5.39. The number of ketones is 1. The van der Waals surface area contributed by atoms with Crippen LogP contribution in [0.15, 0.2) is 0 Å². The van der Waals surface area contributed by atoms with Crippen molar-refractivity contribution in [2.24, 2.45) is 5.92 Å². The molecule has 1 aliphatic rings. The summed E-state index contributed by atoms with van der Waals surface area (Å²) in [4.78, 5) is 10.7. The molecule has 0 aromatic rings. The lowest BCUT2D eigenvalue weighted by Crippen LogP contribution is -2.12. The number of carbonyl (C=O) groups is 1. The van der Waals surface area contributed by atoms with Gasteiger partial charge in [0.2, 0.25) is 0 Å². The summed E-state index contributed by atoms with van der Waals surface area (Å²) in [6, 6.07) is 0. The third kappa shape index (κ3) is 1.57. The quantitative estimate of drug-likeness (QED) is 0.443. The van der Waals surface area contributed by atoms with Gasteiger partial charge in [0.05, 0.1) is 0 Å². The molecule has 1 nitrogen and oxygen atoms in total. The maximum Gasteiger partial charge on any atom is 0.134 e. The highest BCUT2D eigenvalue weighted by Crippen LogP contribution is 2.19. The van der Waals surface area contributed by atoms with Gasteiger partial charge in [-0.15, -0.1) is 12.3 Å². The van der Waals surface area contributed by atoms with Gasteiger partial charge in [0.1, 0.15) is 5.78 Å². The lowest BCUT2D eigenvalue weighted by atomic mass is 9.89. The van der Waals surface area contributed by atoms with Gasteiger partial charge < -0.3 is 0 Å². The molecule has 0 heterocycles. The lowest BCUT2D eigenvalue weighted by Gasteiger charge is -2.14. The highest BCUT2D eigenvalue weighted by atomic mass is 16.1. The molecule has 1 rings (SSSR count). The van der Waals surface area contributed by atoms with Crippen LogP contribution in [0.25, 0.3) is 0 Å². The second kappa shape index (κ2) is 2.68. The van der Waals surface area contributed by atoms with Crippen LogP contribution in [0.5, 0.6) is 0 Å². The fraction of sp³-hybridized carbons (Fsp3) is 0.625. The summed E-state index contributed by atoms with van der Waals surface area (Å²) in [6.07, 6.45) is 8.57. The Morgan fingerprint density at radius 1 is 1.67 bits per heavy atom. The Morgan fingerprint density at radius 3 is 2.89 bits per heavy atom. The van der Waals surface area contributed by atoms with Crippen LogP contribution in [0.3, 0.4) is 0 Å². The van der Waals surface area contributed by atoms with E-state index in [1.54, 1.807) is 0 Å². The molecule has 1 saturated carbocycles. The van der Waals surface area contributed by atoms with Crippen molar-refractivity contribution >= 4 is 5.78 Å². The van der Waals surface area contributed by atoms with Gasteiger partial charge in [-0.1, -0.05) is 0 Å². The van der Waals surface area contributed by atoms with E-state index in [0.717, 1.165) is 19.3 Å². The summed E-state index contributed by atoms with van der Waals surface area (Å²) in [7, 11) is 0. The van der Waals surface area contributed by atoms with E-state index < -0.39 is 0 Å². The molecule has 48 valence electrons. The number of hydrogen-bond acceptors (Lipinski definition) is 1. The van der Waals surface area contributed by atoms with Crippen LogP contribution in [0.1, 0.15) is 25.7 Å². The molecule has 0 spiro atoms. The van der Waals surface area contributed by atoms with Gasteiger partial charge in [0, 0.05) is 18.8 Å². The highest BCUT2D eigenvalue weighted by molar-refractivity contribution is 5.79. The van der Waals surface area contributed by atoms with Crippen molar-refractivity contribution in [3.05, 3.63) is 0 Å². The van der Waals surface area contributed by atoms with E-state index in [4.69, 9.17) is 6.42 Å². The van der Waals surface area contributed by atoms with Crippen molar-refractivity contribution in [2.75, 3.05) is 0 Å². The second-order valence-electron chi connectivity index (χ2n) is 2.50. The molecule has 0 N–H and O–H groups in total. The summed E-state index contributed by atoms with van der Waals surface area (Å²) < 4.78 is 0. The zero-order valence-electron chi connectivity index (χ0n) is 5.39. The minimum absolute atomic E-state index is 0.242. The van der Waals surface area contributed by atoms with E-state index in [9.17, 15) is 4.79 Å². The summed E-state index contributed by atoms with van der Waals surface area (Å²) in [5, 5.41) is 0. The predicted molar refractivity (Wildman–Crippen MR) is 35.8 cm³/mol. The maximum absolute atomic E-state index is 10.7. The number of terminal acetylenes is 1. The normalized spacial score (nSPS) is 27.4. The molecule has 0 saturated heterocycles. The van der Waals surface area contributed by atoms with Gasteiger partial charge >= 0.3 is 0 Å². The van der Waals surface area contributed by atoms with Gasteiger partial charge in [0.15, 0.2) is 0 Å². The van der Waals surface area contributed by atoms with Crippen LogP contribution in [0.2, 0.25) is 0 Å². The second-order valence-corrected chi connectivity index (χ2v) is 2.50. The third-order valence-electron chi connectivity index (χ3n) is 1.72. The zero-order chi connectivity index (χ0) is 6.69. The van der Waals surface area contributed by atoms with E-state index >= 15 is 0 Å². The first-order chi connectivity index (χ1) is 4.33. The molecule has 1 unspecified atom stereocenters. The summed E-state index contributed by atoms with van der Waals surface area (Å²) in [5.41, 5.74) is 0. The standard InChI is InChI=1S/C8H10O/c1-2-7-4-3-5-8(9)6-7/h1,7H,3-6H2. The molecule has 0 bridgehead atoms. The first kappa shape index (κ1) is 6.35. The van der Waals surface area contributed by atoms with Crippen LogP contribution >= 0.6 is 0 Å². The van der Waals surface area contributed by atoms with Gasteiger partial charge in [-0.25, -0.2) is 0 Å². The van der Waals surface area contributed by atoms with Gasteiger partial charge in [-0.05, 0) is 12.8 Å². The molecular weight excluding hydrogens is 112 g/mol. The average molecular weight is 122 g/mol. The highest BCUT2D eigenvalue weighted by Gasteiger charge is 2.16. The van der Waals surface area contributed by atoms with E-state index in [0.29, 0.717) is 12.2 Å². The van der Waals surface area contributed by atoms with Crippen LogP contribution in [-0.4, -0.2) is 5.78 Å². The van der Waals surface area contributed by atoms with Crippen molar-refractivity contribution in [1.82, 2.24) is 0 Å². The molecule has 0 amide bonds. The molecule has 1 aliphatic carbocycles. The Morgan fingerprint density at radius 2 is 2.44 bits per heavy atom. The van der Waals surface area contributed by atoms with Crippen LogP contribution in [0.4, 0.5) is 0 Å². The van der Waals surface area contributed by atoms with Gasteiger partial charge in [0.25, 0.3) is 0 Å². The summed E-state index contributed by atoms with van der Waals surface area (Å²) in [5.74, 6) is 3.19.